The van der Waals surface area contributed by atoms with Gasteiger partial charge in [0.2, 0.25) is 11.8 Å². The monoisotopic (exact) mass is 668 g/mol. The van der Waals surface area contributed by atoms with E-state index in [1.807, 2.05) is 48.5 Å². The number of aliphatic hydroxyl groups excluding tert-OH is 1. The Morgan fingerprint density at radius 3 is 2.04 bits per heavy atom. The van der Waals surface area contributed by atoms with Crippen LogP contribution in [-0.2, 0) is 41.7 Å². The maximum Gasteiger partial charge on any atom is 0.408 e. The highest BCUT2D eigenvalue weighted by Gasteiger charge is 2.48. The van der Waals surface area contributed by atoms with Crippen LogP contribution in [0.15, 0.2) is 60.7 Å². The Kier molecular flexibility index (Phi) is 16.8. The molecule has 6 N–H and O–H groups in total. The van der Waals surface area contributed by atoms with E-state index in [1.54, 1.807) is 26.0 Å². The molecule has 0 aliphatic carbocycles. The molecule has 48 heavy (non-hydrogen) atoms. The highest BCUT2D eigenvalue weighted by atomic mass is 16.6. The molecule has 264 valence electrons. The normalized spacial score (nSPS) is 14.8. The number of aryl methyl sites for hydroxylation is 1. The lowest BCUT2D eigenvalue weighted by Gasteiger charge is -2.43. The number of carbonyl (C=O) groups is 5. The molecule has 0 fully saturated rings. The van der Waals surface area contributed by atoms with Crippen LogP contribution in [0.1, 0.15) is 71.4 Å². The molecule has 0 aromatic heterocycles. The van der Waals surface area contributed by atoms with Gasteiger partial charge in [0.25, 0.3) is 0 Å². The first-order chi connectivity index (χ1) is 22.8. The van der Waals surface area contributed by atoms with Crippen molar-refractivity contribution in [1.82, 2.24) is 16.0 Å². The minimum atomic E-state index is -1.66. The first-order valence-electron chi connectivity index (χ1n) is 16.5. The van der Waals surface area contributed by atoms with E-state index in [4.69, 9.17) is 15.2 Å². The fourth-order valence-electron chi connectivity index (χ4n) is 5.15. The number of carbonyl (C=O) groups excluding carboxylic acids is 5. The third-order valence-corrected chi connectivity index (χ3v) is 8.30. The van der Waals surface area contributed by atoms with Crippen LogP contribution in [0.5, 0.6) is 0 Å². The van der Waals surface area contributed by atoms with E-state index in [-0.39, 0.29) is 25.5 Å². The third kappa shape index (κ3) is 13.1. The smallest absolute Gasteiger partial charge is 0.408 e. The highest BCUT2D eigenvalue weighted by molar-refractivity contribution is 5.89. The number of hydrogen-bond acceptors (Lipinski definition) is 9. The molecule has 2 aromatic rings. The number of nitrogens with one attached hydrogen (secondary N) is 3. The molecule has 0 heterocycles. The lowest BCUT2D eigenvalue weighted by molar-refractivity contribution is -0.162. The summed E-state index contributed by atoms with van der Waals surface area (Å²) >= 11 is 0. The van der Waals surface area contributed by atoms with Crippen molar-refractivity contribution in [2.24, 2.45) is 17.6 Å². The molecule has 0 bridgehead atoms. The molecular formula is C36H52N4O8. The molecule has 12 nitrogen and oxygen atoms in total. The first kappa shape index (κ1) is 39.9. The van der Waals surface area contributed by atoms with Crippen LogP contribution in [0.2, 0.25) is 0 Å². The summed E-state index contributed by atoms with van der Waals surface area (Å²) in [5.41, 5.74) is 6.44. The van der Waals surface area contributed by atoms with E-state index in [0.29, 0.717) is 6.42 Å². The van der Waals surface area contributed by atoms with Crippen LogP contribution in [-0.4, -0.2) is 71.6 Å². The van der Waals surface area contributed by atoms with E-state index < -0.39 is 65.9 Å². The molecule has 0 saturated heterocycles. The SMILES string of the molecule is CC(=O)OC(C(=O)CCCCCc1ccccc1)[C@](C)(NC(=O)C(N)C(C)C)C(CO)CNC(=O)[C@H](C)NC(=O)OCc1ccccc1. The van der Waals surface area contributed by atoms with Gasteiger partial charge in [0.1, 0.15) is 12.6 Å². The minimum Gasteiger partial charge on any atom is -0.452 e. The summed E-state index contributed by atoms with van der Waals surface area (Å²) in [4.78, 5) is 64.5. The van der Waals surface area contributed by atoms with Gasteiger partial charge in [0.05, 0.1) is 11.6 Å². The van der Waals surface area contributed by atoms with E-state index in [9.17, 15) is 29.1 Å². The molecule has 12 heteroatoms. The highest BCUT2D eigenvalue weighted by Crippen LogP contribution is 2.27. The number of ketones is 1. The van der Waals surface area contributed by atoms with Crippen molar-refractivity contribution in [3.05, 3.63) is 71.8 Å². The third-order valence-electron chi connectivity index (χ3n) is 8.30. The number of benzene rings is 2. The molecule has 3 amide bonds. The average molecular weight is 669 g/mol. The van der Waals surface area contributed by atoms with Crippen molar-refractivity contribution in [3.63, 3.8) is 0 Å². The Bertz CT molecular complexity index is 1320. The van der Waals surface area contributed by atoms with Crippen LogP contribution in [0.25, 0.3) is 0 Å². The summed E-state index contributed by atoms with van der Waals surface area (Å²) < 4.78 is 10.7. The summed E-state index contributed by atoms with van der Waals surface area (Å²) in [5, 5.41) is 18.4. The second kappa shape index (κ2) is 20.2. The van der Waals surface area contributed by atoms with E-state index in [2.05, 4.69) is 16.0 Å². The number of alkyl carbamates (subject to hydrolysis) is 1. The number of unbranched alkanes of at least 4 members (excludes halogenated alkanes) is 2. The van der Waals surface area contributed by atoms with Gasteiger partial charge in [-0.05, 0) is 50.2 Å². The summed E-state index contributed by atoms with van der Waals surface area (Å²) in [6.45, 7) is 6.80. The van der Waals surface area contributed by atoms with Gasteiger partial charge in [-0.1, -0.05) is 80.9 Å². The predicted molar refractivity (Wildman–Crippen MR) is 181 cm³/mol. The van der Waals surface area contributed by atoms with E-state index in [1.165, 1.54) is 19.4 Å². The second-order valence-electron chi connectivity index (χ2n) is 12.6. The Labute approximate surface area is 283 Å². The molecule has 2 aromatic carbocycles. The van der Waals surface area contributed by atoms with Crippen molar-refractivity contribution in [3.8, 4) is 0 Å². The average Bonchev–Trinajstić information content (AvgIpc) is 3.06. The van der Waals surface area contributed by atoms with Crippen LogP contribution in [0, 0.1) is 11.8 Å². The first-order valence-corrected chi connectivity index (χ1v) is 16.5. The van der Waals surface area contributed by atoms with Crippen LogP contribution in [0.3, 0.4) is 0 Å². The molecule has 0 radical (unpaired) electrons. The number of esters is 1. The zero-order chi connectivity index (χ0) is 35.7. The van der Waals surface area contributed by atoms with E-state index >= 15 is 0 Å². The Morgan fingerprint density at radius 2 is 1.48 bits per heavy atom. The maximum atomic E-state index is 13.7. The number of ether oxygens (including phenoxy) is 2. The number of hydrogen-bond donors (Lipinski definition) is 5. The van der Waals surface area contributed by atoms with Gasteiger partial charge in [-0.25, -0.2) is 4.79 Å². The largest absolute Gasteiger partial charge is 0.452 e. The summed E-state index contributed by atoms with van der Waals surface area (Å²) in [5.74, 6) is -3.67. The number of nitrogens with two attached hydrogens (primary N) is 1. The van der Waals surface area contributed by atoms with Crippen molar-refractivity contribution in [2.45, 2.75) is 97.1 Å². The number of aliphatic hydroxyl groups is 1. The Hall–Kier alpha value is -4.29. The number of amides is 3. The maximum absolute atomic E-state index is 13.7. The lowest BCUT2D eigenvalue weighted by Crippen LogP contribution is -2.67. The molecule has 2 rings (SSSR count). The minimum absolute atomic E-state index is 0.0166. The van der Waals surface area contributed by atoms with Crippen molar-refractivity contribution in [1.29, 1.82) is 0 Å². The molecular weight excluding hydrogens is 616 g/mol. The quantitative estimate of drug-likeness (QED) is 0.104. The Morgan fingerprint density at radius 1 is 0.875 bits per heavy atom. The van der Waals surface area contributed by atoms with Gasteiger partial charge in [0, 0.05) is 32.4 Å². The predicted octanol–water partition coefficient (Wildman–Crippen LogP) is 3.19. The van der Waals surface area contributed by atoms with Crippen LogP contribution < -0.4 is 21.7 Å². The number of rotatable bonds is 20. The molecule has 0 aliphatic rings. The zero-order valence-electron chi connectivity index (χ0n) is 28.7. The lowest BCUT2D eigenvalue weighted by atomic mass is 9.77. The van der Waals surface area contributed by atoms with Crippen molar-refractivity contribution in [2.75, 3.05) is 13.2 Å². The van der Waals surface area contributed by atoms with Gasteiger partial charge in [-0.2, -0.15) is 0 Å². The number of Topliss-reactive ketones (excluding diaryl/α,β-unsaturated/α-hetero) is 1. The standard InChI is InChI=1S/C36H52N4O8/c1-24(2)31(37)34(45)40-36(5,32(48-26(4)42)30(43)20-14-8-11-17-27-15-9-6-10-16-27)29(22-41)21-38-33(44)25(3)39-35(46)47-23-28-18-12-7-13-19-28/h6-7,9-10,12-13,15-16,18-19,24-25,29,31-32,41H,8,11,14,17,20-23,37H2,1-5H3,(H,38,44)(H,39,46)(H,40,45)/t25-,29?,31?,32?,36+/m0/s1. The van der Waals surface area contributed by atoms with Crippen molar-refractivity contribution < 1.29 is 38.6 Å². The van der Waals surface area contributed by atoms with Gasteiger partial charge in [-0.15, -0.1) is 0 Å². The topological polar surface area (TPSA) is 186 Å². The van der Waals surface area contributed by atoms with Crippen LogP contribution >= 0.6 is 0 Å². The molecule has 0 aliphatic heterocycles. The molecule has 0 saturated carbocycles. The molecule has 3 unspecified atom stereocenters. The van der Waals surface area contributed by atoms with Gasteiger partial charge < -0.3 is 36.3 Å². The molecule has 0 spiro atoms. The van der Waals surface area contributed by atoms with Gasteiger partial charge in [-0.3, -0.25) is 19.2 Å². The summed E-state index contributed by atoms with van der Waals surface area (Å²) in [7, 11) is 0. The van der Waals surface area contributed by atoms with Crippen LogP contribution in [0.4, 0.5) is 4.79 Å². The summed E-state index contributed by atoms with van der Waals surface area (Å²) in [6.07, 6.45) is 0.743. The van der Waals surface area contributed by atoms with Gasteiger partial charge >= 0.3 is 12.1 Å². The molecule has 5 atom stereocenters. The zero-order valence-corrected chi connectivity index (χ0v) is 28.7. The second-order valence-corrected chi connectivity index (χ2v) is 12.6. The fraction of sp³-hybridized carbons (Fsp3) is 0.528. The Balaban J connectivity index is 2.16. The van der Waals surface area contributed by atoms with Crippen molar-refractivity contribution >= 4 is 29.7 Å². The fourth-order valence-corrected chi connectivity index (χ4v) is 5.15. The van der Waals surface area contributed by atoms with Gasteiger partial charge in [0.15, 0.2) is 11.9 Å². The van der Waals surface area contributed by atoms with E-state index in [0.717, 1.165) is 31.7 Å². The summed E-state index contributed by atoms with van der Waals surface area (Å²) in [6, 6.07) is 17.0.